The molecular formula is C25H34N2O4. The Balaban J connectivity index is 1.45. The van der Waals surface area contributed by atoms with E-state index in [1.807, 2.05) is 30.3 Å². The third-order valence-corrected chi connectivity index (χ3v) is 5.94. The zero-order valence-corrected chi connectivity index (χ0v) is 18.9. The first-order valence-corrected chi connectivity index (χ1v) is 10.9. The van der Waals surface area contributed by atoms with Crippen LogP contribution in [-0.2, 0) is 17.9 Å². The van der Waals surface area contributed by atoms with E-state index < -0.39 is 0 Å². The van der Waals surface area contributed by atoms with Crippen LogP contribution in [0.4, 0.5) is 0 Å². The van der Waals surface area contributed by atoms with Crippen molar-refractivity contribution in [3.05, 3.63) is 53.6 Å². The third kappa shape index (κ3) is 6.62. The molecule has 1 heterocycles. The van der Waals surface area contributed by atoms with E-state index in [4.69, 9.17) is 14.2 Å². The number of benzene rings is 2. The number of amides is 1. The molecule has 6 nitrogen and oxygen atoms in total. The molecule has 168 valence electrons. The predicted octanol–water partition coefficient (Wildman–Crippen LogP) is 4.02. The number of piperidine rings is 1. The smallest absolute Gasteiger partial charge is 0.220 e. The summed E-state index contributed by atoms with van der Waals surface area (Å²) in [6.45, 7) is 3.47. The van der Waals surface area contributed by atoms with Gasteiger partial charge in [0.2, 0.25) is 5.91 Å². The molecule has 0 aromatic heterocycles. The number of hydrogen-bond acceptors (Lipinski definition) is 5. The summed E-state index contributed by atoms with van der Waals surface area (Å²) in [5.41, 5.74) is 2.16. The Morgan fingerprint density at radius 2 is 1.84 bits per heavy atom. The monoisotopic (exact) mass is 426 g/mol. The number of ether oxygens (including phenoxy) is 3. The highest BCUT2D eigenvalue weighted by Crippen LogP contribution is 2.26. The van der Waals surface area contributed by atoms with Crippen molar-refractivity contribution in [3.8, 4) is 17.2 Å². The minimum Gasteiger partial charge on any atom is -0.497 e. The first kappa shape index (κ1) is 22.9. The van der Waals surface area contributed by atoms with Crippen LogP contribution in [0.5, 0.6) is 17.2 Å². The minimum atomic E-state index is 0.0831. The van der Waals surface area contributed by atoms with Gasteiger partial charge >= 0.3 is 0 Å². The molecule has 1 atom stereocenters. The van der Waals surface area contributed by atoms with E-state index in [-0.39, 0.29) is 5.91 Å². The molecule has 1 aliphatic rings. The van der Waals surface area contributed by atoms with Gasteiger partial charge in [-0.25, -0.2) is 0 Å². The summed E-state index contributed by atoms with van der Waals surface area (Å²) in [4.78, 5) is 14.9. The molecule has 1 saturated heterocycles. The van der Waals surface area contributed by atoms with Gasteiger partial charge in [-0.3, -0.25) is 9.69 Å². The number of carbonyl (C=O) groups is 1. The van der Waals surface area contributed by atoms with Gasteiger partial charge in [-0.05, 0) is 49.9 Å². The molecule has 2 aromatic carbocycles. The summed E-state index contributed by atoms with van der Waals surface area (Å²) in [6.07, 6.45) is 3.81. The van der Waals surface area contributed by atoms with Crippen LogP contribution in [0.25, 0.3) is 0 Å². The van der Waals surface area contributed by atoms with Gasteiger partial charge < -0.3 is 19.5 Å². The summed E-state index contributed by atoms with van der Waals surface area (Å²) >= 11 is 0. The number of nitrogens with zero attached hydrogens (tertiary/aromatic N) is 1. The molecule has 1 unspecified atom stereocenters. The van der Waals surface area contributed by atoms with E-state index in [0.29, 0.717) is 18.9 Å². The maximum Gasteiger partial charge on any atom is 0.220 e. The summed E-state index contributed by atoms with van der Waals surface area (Å²) in [6, 6.07) is 13.8. The number of para-hydroxylation sites is 1. The number of nitrogens with one attached hydrogen (secondary N) is 1. The van der Waals surface area contributed by atoms with Crippen LogP contribution in [0.15, 0.2) is 42.5 Å². The fourth-order valence-corrected chi connectivity index (χ4v) is 4.22. The van der Waals surface area contributed by atoms with Crippen molar-refractivity contribution in [1.82, 2.24) is 10.2 Å². The van der Waals surface area contributed by atoms with Gasteiger partial charge in [0.15, 0.2) is 0 Å². The molecule has 0 bridgehead atoms. The molecule has 0 radical (unpaired) electrons. The Kier molecular flexibility index (Phi) is 8.59. The standard InChI is InChI=1S/C25H34N2O4/c1-29-22-12-11-20(24(15-22)31-3)16-26-25(28)13-10-19-7-6-14-27(17-19)18-21-8-4-5-9-23(21)30-2/h4-5,8-9,11-12,15,19H,6-7,10,13-14,16-18H2,1-3H3,(H,26,28). The van der Waals surface area contributed by atoms with Crippen LogP contribution in [0.1, 0.15) is 36.8 Å². The summed E-state index contributed by atoms with van der Waals surface area (Å²) in [5, 5.41) is 3.03. The van der Waals surface area contributed by atoms with Crippen LogP contribution in [0.3, 0.4) is 0 Å². The highest BCUT2D eigenvalue weighted by atomic mass is 16.5. The second-order valence-electron chi connectivity index (χ2n) is 8.05. The average Bonchev–Trinajstić information content (AvgIpc) is 2.81. The minimum absolute atomic E-state index is 0.0831. The van der Waals surface area contributed by atoms with E-state index in [1.54, 1.807) is 21.3 Å². The van der Waals surface area contributed by atoms with Gasteiger partial charge in [-0.1, -0.05) is 18.2 Å². The van der Waals surface area contributed by atoms with E-state index in [0.717, 1.165) is 48.9 Å². The van der Waals surface area contributed by atoms with Crippen molar-refractivity contribution in [2.45, 2.75) is 38.8 Å². The molecule has 1 N–H and O–H groups in total. The average molecular weight is 427 g/mol. The van der Waals surface area contributed by atoms with E-state index in [2.05, 4.69) is 22.3 Å². The molecule has 0 aliphatic carbocycles. The van der Waals surface area contributed by atoms with Crippen molar-refractivity contribution < 1.29 is 19.0 Å². The van der Waals surface area contributed by atoms with Gasteiger partial charge in [0.25, 0.3) is 0 Å². The lowest BCUT2D eigenvalue weighted by molar-refractivity contribution is -0.121. The first-order valence-electron chi connectivity index (χ1n) is 10.9. The van der Waals surface area contributed by atoms with Crippen molar-refractivity contribution in [2.75, 3.05) is 34.4 Å². The zero-order chi connectivity index (χ0) is 22.1. The van der Waals surface area contributed by atoms with Crippen LogP contribution in [-0.4, -0.2) is 45.2 Å². The highest BCUT2D eigenvalue weighted by molar-refractivity contribution is 5.75. The number of likely N-dealkylation sites (tertiary alicyclic amines) is 1. The fourth-order valence-electron chi connectivity index (χ4n) is 4.22. The first-order chi connectivity index (χ1) is 15.1. The number of hydrogen-bond donors (Lipinski definition) is 1. The van der Waals surface area contributed by atoms with Crippen LogP contribution in [0.2, 0.25) is 0 Å². The Morgan fingerprint density at radius 3 is 2.61 bits per heavy atom. The molecule has 1 amide bonds. The number of methoxy groups -OCH3 is 3. The molecule has 0 saturated carbocycles. The van der Waals surface area contributed by atoms with Crippen molar-refractivity contribution in [2.24, 2.45) is 5.92 Å². The molecule has 1 fully saturated rings. The molecule has 31 heavy (non-hydrogen) atoms. The van der Waals surface area contributed by atoms with Gasteiger partial charge in [-0.2, -0.15) is 0 Å². The van der Waals surface area contributed by atoms with Crippen LogP contribution < -0.4 is 19.5 Å². The maximum absolute atomic E-state index is 12.4. The second-order valence-corrected chi connectivity index (χ2v) is 8.05. The maximum atomic E-state index is 12.4. The molecule has 0 spiro atoms. The largest absolute Gasteiger partial charge is 0.497 e. The quantitative estimate of drug-likeness (QED) is 0.622. The zero-order valence-electron chi connectivity index (χ0n) is 18.9. The molecule has 2 aromatic rings. The third-order valence-electron chi connectivity index (χ3n) is 5.94. The number of rotatable bonds is 10. The van der Waals surface area contributed by atoms with E-state index >= 15 is 0 Å². The normalized spacial score (nSPS) is 16.5. The molecular weight excluding hydrogens is 392 g/mol. The highest BCUT2D eigenvalue weighted by Gasteiger charge is 2.21. The Bertz CT molecular complexity index is 855. The lowest BCUT2D eigenvalue weighted by Gasteiger charge is -2.33. The van der Waals surface area contributed by atoms with Crippen molar-refractivity contribution in [3.63, 3.8) is 0 Å². The summed E-state index contributed by atoms with van der Waals surface area (Å²) in [7, 11) is 4.97. The van der Waals surface area contributed by atoms with Crippen molar-refractivity contribution >= 4 is 5.91 Å². The Hall–Kier alpha value is -2.73. The van der Waals surface area contributed by atoms with Gasteiger partial charge in [0, 0.05) is 43.2 Å². The number of carbonyl (C=O) groups excluding carboxylic acids is 1. The predicted molar refractivity (Wildman–Crippen MR) is 122 cm³/mol. The lowest BCUT2D eigenvalue weighted by atomic mass is 9.93. The van der Waals surface area contributed by atoms with Crippen LogP contribution in [0, 0.1) is 5.92 Å². The SMILES string of the molecule is COc1ccc(CNC(=O)CCC2CCCN(Cc3ccccc3OC)C2)c(OC)c1. The fraction of sp³-hybridized carbons (Fsp3) is 0.480. The Labute approximate surface area is 185 Å². The van der Waals surface area contributed by atoms with Crippen LogP contribution >= 0.6 is 0 Å². The van der Waals surface area contributed by atoms with E-state index in [9.17, 15) is 4.79 Å². The summed E-state index contributed by atoms with van der Waals surface area (Å²) in [5.74, 6) is 3.03. The molecule has 6 heteroatoms. The Morgan fingerprint density at radius 1 is 1.03 bits per heavy atom. The van der Waals surface area contributed by atoms with E-state index in [1.165, 1.54) is 18.4 Å². The second kappa shape index (κ2) is 11.6. The van der Waals surface area contributed by atoms with Crippen molar-refractivity contribution in [1.29, 1.82) is 0 Å². The summed E-state index contributed by atoms with van der Waals surface area (Å²) < 4.78 is 16.1. The molecule has 3 rings (SSSR count). The van der Waals surface area contributed by atoms with Gasteiger partial charge in [-0.15, -0.1) is 0 Å². The topological polar surface area (TPSA) is 60.0 Å². The van der Waals surface area contributed by atoms with Gasteiger partial charge in [0.05, 0.1) is 21.3 Å². The van der Waals surface area contributed by atoms with Gasteiger partial charge in [0.1, 0.15) is 17.2 Å². The molecule has 1 aliphatic heterocycles. The lowest BCUT2D eigenvalue weighted by Crippen LogP contribution is -2.35.